The third-order valence-electron chi connectivity index (χ3n) is 15.9. The van der Waals surface area contributed by atoms with Gasteiger partial charge in [-0.2, -0.15) is 0 Å². The van der Waals surface area contributed by atoms with E-state index in [1.807, 2.05) is 6.08 Å². The molecule has 9 heteroatoms. The van der Waals surface area contributed by atoms with Gasteiger partial charge in [-0.3, -0.25) is 4.79 Å². The summed E-state index contributed by atoms with van der Waals surface area (Å²) in [4.78, 5) is 13.1. The van der Waals surface area contributed by atoms with Crippen molar-refractivity contribution in [3.05, 3.63) is 158 Å². The zero-order valence-electron chi connectivity index (χ0n) is 55.9. The molecule has 1 saturated heterocycles. The van der Waals surface area contributed by atoms with Crippen LogP contribution in [0.2, 0.25) is 0 Å². The number of rotatable bonds is 60. The Kier molecular flexibility index (Phi) is 61.1. The fourth-order valence-electron chi connectivity index (χ4n) is 10.3. The van der Waals surface area contributed by atoms with Gasteiger partial charge < -0.3 is 40.3 Å². The number of nitrogens with one attached hydrogen (secondary N) is 1. The Morgan fingerprint density at radius 3 is 1.05 bits per heavy atom. The first-order valence-corrected chi connectivity index (χ1v) is 35.7. The second kappa shape index (κ2) is 65.8. The van der Waals surface area contributed by atoms with E-state index in [0.29, 0.717) is 6.42 Å². The van der Waals surface area contributed by atoms with Crippen LogP contribution in [0.15, 0.2) is 158 Å². The van der Waals surface area contributed by atoms with Crippen molar-refractivity contribution >= 4 is 5.91 Å². The summed E-state index contributed by atoms with van der Waals surface area (Å²) < 4.78 is 11.3. The van der Waals surface area contributed by atoms with Crippen molar-refractivity contribution in [1.82, 2.24) is 5.32 Å². The smallest absolute Gasteiger partial charge is 0.220 e. The largest absolute Gasteiger partial charge is 0.394 e. The van der Waals surface area contributed by atoms with Gasteiger partial charge in [-0.15, -0.1) is 0 Å². The normalized spacial score (nSPS) is 18.9. The number of aliphatic hydroxyl groups excluding tert-OH is 5. The number of unbranched alkanes of at least 4 members (excludes halogenated alkanes) is 26. The van der Waals surface area contributed by atoms with Crippen LogP contribution in [0.5, 0.6) is 0 Å². The minimum absolute atomic E-state index is 0.215. The topological polar surface area (TPSA) is 149 Å². The zero-order valence-corrected chi connectivity index (χ0v) is 55.9. The van der Waals surface area contributed by atoms with Gasteiger partial charge in [0.2, 0.25) is 5.91 Å². The van der Waals surface area contributed by atoms with Crippen LogP contribution in [0.1, 0.15) is 277 Å². The van der Waals surface area contributed by atoms with Gasteiger partial charge in [0.15, 0.2) is 6.29 Å². The van der Waals surface area contributed by atoms with E-state index >= 15 is 0 Å². The van der Waals surface area contributed by atoms with Crippen molar-refractivity contribution < 1.29 is 39.8 Å². The van der Waals surface area contributed by atoms with E-state index in [2.05, 4.69) is 165 Å². The Bertz CT molecular complexity index is 1950. The molecule has 0 saturated carbocycles. The fourth-order valence-corrected chi connectivity index (χ4v) is 10.3. The Labute approximate surface area is 539 Å². The van der Waals surface area contributed by atoms with Crippen LogP contribution >= 0.6 is 0 Å². The maximum Gasteiger partial charge on any atom is 0.220 e. The molecule has 0 radical (unpaired) electrons. The number of carbonyl (C=O) groups is 1. The standard InChI is InChI=1S/C79H131NO8/c1-3-5-7-9-11-13-15-17-19-21-23-25-27-29-31-32-33-34-35-36-37-38-39-40-41-42-43-45-47-49-51-53-55-57-59-61-63-65-67-69-75(83)80-72(71-87-79-78(86)77(85)76(84)74(70-81)88-79)73(82)68-66-64-62-60-58-56-54-52-50-48-46-44-30-28-26-24-22-20-18-16-14-12-10-8-6-4-2/h5,7,11,13,17,19,23,25,29,31,33-34,36-37,39-40,42-43,47,49,53,55,59,61,66,68,72-74,76-79,81-82,84-86H,3-4,6,8-10,12,14-16,18,20-22,24,26-28,30,32,35,38,41,44-46,48,50-52,54,56-58,60,62-65,67,69-71H2,1-2H3,(H,80,83)/b7-5-,13-11-,19-17-,25-23-,31-29-,34-33-,37-36-,40-39-,43-42-,49-47-,55-53-,61-59-,68-66+. The van der Waals surface area contributed by atoms with Gasteiger partial charge in [0.25, 0.3) is 0 Å². The van der Waals surface area contributed by atoms with Gasteiger partial charge in [0.1, 0.15) is 24.4 Å². The number of amides is 1. The lowest BCUT2D eigenvalue weighted by Crippen LogP contribution is -2.60. The van der Waals surface area contributed by atoms with Gasteiger partial charge in [-0.1, -0.05) is 320 Å². The Morgan fingerprint density at radius 2 is 0.705 bits per heavy atom. The number of hydrogen-bond acceptors (Lipinski definition) is 8. The third kappa shape index (κ3) is 53.6. The van der Waals surface area contributed by atoms with Gasteiger partial charge in [-0.05, 0) is 109 Å². The van der Waals surface area contributed by atoms with E-state index < -0.39 is 49.5 Å². The summed E-state index contributed by atoms with van der Waals surface area (Å²) in [7, 11) is 0. The Balaban J connectivity index is 2.21. The number of hydrogen-bond donors (Lipinski definition) is 6. The predicted molar refractivity (Wildman–Crippen MR) is 377 cm³/mol. The molecule has 500 valence electrons. The quantitative estimate of drug-likeness (QED) is 0.0261. The first-order chi connectivity index (χ1) is 43.3. The summed E-state index contributed by atoms with van der Waals surface area (Å²) in [5.41, 5.74) is 0. The first-order valence-electron chi connectivity index (χ1n) is 35.7. The molecule has 1 fully saturated rings. The van der Waals surface area contributed by atoms with Gasteiger partial charge in [0, 0.05) is 6.42 Å². The molecule has 0 bridgehead atoms. The molecule has 7 atom stereocenters. The van der Waals surface area contributed by atoms with E-state index in [4.69, 9.17) is 9.47 Å². The second-order valence-electron chi connectivity index (χ2n) is 23.9. The average Bonchev–Trinajstić information content (AvgIpc) is 3.65. The lowest BCUT2D eigenvalue weighted by Gasteiger charge is -2.40. The summed E-state index contributed by atoms with van der Waals surface area (Å²) in [6.45, 7) is 3.66. The van der Waals surface area contributed by atoms with E-state index in [0.717, 1.165) is 109 Å². The highest BCUT2D eigenvalue weighted by atomic mass is 16.7. The van der Waals surface area contributed by atoms with Crippen molar-refractivity contribution in [3.63, 3.8) is 0 Å². The third-order valence-corrected chi connectivity index (χ3v) is 15.9. The number of ether oxygens (including phenoxy) is 2. The molecule has 1 rings (SSSR count). The molecule has 1 heterocycles. The molecule has 9 nitrogen and oxygen atoms in total. The van der Waals surface area contributed by atoms with Crippen LogP contribution in [0, 0.1) is 0 Å². The molecule has 0 aromatic heterocycles. The molecule has 1 aliphatic heterocycles. The molecular formula is C79H131NO8. The number of aliphatic hydroxyl groups is 5. The average molecular weight is 1220 g/mol. The lowest BCUT2D eigenvalue weighted by molar-refractivity contribution is -0.302. The molecule has 0 aliphatic carbocycles. The van der Waals surface area contributed by atoms with Gasteiger partial charge >= 0.3 is 0 Å². The van der Waals surface area contributed by atoms with Crippen LogP contribution < -0.4 is 5.32 Å². The predicted octanol–water partition coefficient (Wildman–Crippen LogP) is 19.9. The van der Waals surface area contributed by atoms with E-state index in [1.165, 1.54) is 141 Å². The van der Waals surface area contributed by atoms with Crippen LogP contribution in [-0.4, -0.2) is 87.5 Å². The molecule has 7 unspecified atom stereocenters. The molecule has 1 amide bonds. The molecular weight excluding hydrogens is 1090 g/mol. The maximum absolute atomic E-state index is 13.1. The van der Waals surface area contributed by atoms with Gasteiger partial charge in [-0.25, -0.2) is 0 Å². The van der Waals surface area contributed by atoms with Crippen molar-refractivity contribution in [3.8, 4) is 0 Å². The molecule has 0 aromatic carbocycles. The highest BCUT2D eigenvalue weighted by molar-refractivity contribution is 5.76. The SMILES string of the molecule is CC/C=C\C/C=C\C/C=C\C/C=C\C/C=C\C/C=C\C/C=C\C/C=C\C/C=C\C/C=C\C/C=C\C/C=C\CCCCC(=O)NC(COC1OC(CO)C(O)C(O)C1O)C(O)/C=C/CCCCCCCCCCCCCCCCCCCCCCCCCC. The van der Waals surface area contributed by atoms with Crippen LogP contribution in [0.25, 0.3) is 0 Å². The molecule has 0 aromatic rings. The van der Waals surface area contributed by atoms with Crippen molar-refractivity contribution in [2.24, 2.45) is 0 Å². The van der Waals surface area contributed by atoms with Gasteiger partial charge in [0.05, 0.1) is 25.4 Å². The highest BCUT2D eigenvalue weighted by Crippen LogP contribution is 2.23. The second-order valence-corrected chi connectivity index (χ2v) is 23.9. The maximum atomic E-state index is 13.1. The van der Waals surface area contributed by atoms with Crippen LogP contribution in [-0.2, 0) is 14.3 Å². The zero-order chi connectivity index (χ0) is 63.5. The van der Waals surface area contributed by atoms with Crippen LogP contribution in [0.4, 0.5) is 0 Å². The van der Waals surface area contributed by atoms with Crippen LogP contribution in [0.3, 0.4) is 0 Å². The monoisotopic (exact) mass is 1220 g/mol. The molecule has 1 aliphatic rings. The molecule has 6 N–H and O–H groups in total. The Hall–Kier alpha value is -4.19. The van der Waals surface area contributed by atoms with E-state index in [9.17, 15) is 30.3 Å². The van der Waals surface area contributed by atoms with Crippen molar-refractivity contribution in [2.45, 2.75) is 320 Å². The minimum atomic E-state index is -1.59. The van der Waals surface area contributed by atoms with E-state index in [-0.39, 0.29) is 18.9 Å². The van der Waals surface area contributed by atoms with E-state index in [1.54, 1.807) is 6.08 Å². The number of allylic oxidation sites excluding steroid dienone is 25. The summed E-state index contributed by atoms with van der Waals surface area (Å²) in [5.74, 6) is -0.223. The fraction of sp³-hybridized carbons (Fsp3) is 0.658. The summed E-state index contributed by atoms with van der Waals surface area (Å²) >= 11 is 0. The highest BCUT2D eigenvalue weighted by Gasteiger charge is 2.44. The number of carbonyl (C=O) groups excluding carboxylic acids is 1. The Morgan fingerprint density at radius 1 is 0.398 bits per heavy atom. The first kappa shape index (κ1) is 81.8. The summed E-state index contributed by atoms with van der Waals surface area (Å²) in [5, 5.41) is 54.7. The van der Waals surface area contributed by atoms with Crippen molar-refractivity contribution in [1.29, 1.82) is 0 Å². The minimum Gasteiger partial charge on any atom is -0.394 e. The molecule has 88 heavy (non-hydrogen) atoms. The summed E-state index contributed by atoms with van der Waals surface area (Å²) in [6.07, 6.45) is 96.3. The molecule has 0 spiro atoms. The lowest BCUT2D eigenvalue weighted by atomic mass is 9.99. The summed E-state index contributed by atoms with van der Waals surface area (Å²) in [6, 6.07) is -0.842. The van der Waals surface area contributed by atoms with Crippen molar-refractivity contribution in [2.75, 3.05) is 13.2 Å².